The van der Waals surface area contributed by atoms with Crippen LogP contribution >= 0.6 is 0 Å². The largest absolute Gasteiger partial charge is 0.315 e. The molecule has 0 aromatic carbocycles. The standard InChI is InChI=1S/C5H11N2/c1-6-5-2-3-7-4-5/h5,7H,2-4H2,1H3/t5-/m0/s1. The Hall–Kier alpha value is -0.0800. The molecule has 1 aliphatic heterocycles. The van der Waals surface area contributed by atoms with E-state index >= 15 is 0 Å². The summed E-state index contributed by atoms with van der Waals surface area (Å²) in [5.74, 6) is 0. The van der Waals surface area contributed by atoms with E-state index in [1.165, 1.54) is 6.42 Å². The molecule has 2 nitrogen and oxygen atoms in total. The molecule has 0 bridgehead atoms. The van der Waals surface area contributed by atoms with Crippen LogP contribution in [-0.2, 0) is 0 Å². The van der Waals surface area contributed by atoms with E-state index in [4.69, 9.17) is 0 Å². The van der Waals surface area contributed by atoms with Crippen LogP contribution in [0.4, 0.5) is 0 Å². The Morgan fingerprint density at radius 1 is 1.71 bits per heavy atom. The molecule has 0 unspecified atom stereocenters. The first kappa shape index (κ1) is 5.06. The summed E-state index contributed by atoms with van der Waals surface area (Å²) in [6.45, 7) is 2.25. The van der Waals surface area contributed by atoms with E-state index in [1.807, 2.05) is 7.05 Å². The third-order valence-electron chi connectivity index (χ3n) is 1.40. The predicted molar refractivity (Wildman–Crippen MR) is 29.3 cm³/mol. The van der Waals surface area contributed by atoms with E-state index in [2.05, 4.69) is 10.6 Å². The predicted octanol–water partition coefficient (Wildman–Crippen LogP) is -0.417. The maximum Gasteiger partial charge on any atom is 0.0379 e. The number of nitrogens with one attached hydrogen (secondary N) is 1. The molecule has 1 radical (unpaired) electrons. The lowest BCUT2D eigenvalue weighted by molar-refractivity contribution is 0.599. The van der Waals surface area contributed by atoms with Crippen LogP contribution in [0.25, 0.3) is 0 Å². The third kappa shape index (κ3) is 1.14. The lowest BCUT2D eigenvalue weighted by Crippen LogP contribution is -2.20. The second kappa shape index (κ2) is 2.28. The quantitative estimate of drug-likeness (QED) is 0.475. The number of nitrogens with zero attached hydrogens (tertiary/aromatic N) is 1. The first-order chi connectivity index (χ1) is 3.43. The van der Waals surface area contributed by atoms with Crippen LogP contribution < -0.4 is 10.6 Å². The van der Waals surface area contributed by atoms with Gasteiger partial charge in [0.2, 0.25) is 0 Å². The monoisotopic (exact) mass is 99.1 g/mol. The summed E-state index contributed by atoms with van der Waals surface area (Å²) in [7, 11) is 1.89. The molecule has 1 N–H and O–H groups in total. The first-order valence-electron chi connectivity index (χ1n) is 2.73. The maximum atomic E-state index is 4.12. The topological polar surface area (TPSA) is 26.1 Å². The second-order valence-corrected chi connectivity index (χ2v) is 1.90. The Balaban J connectivity index is 2.14. The molecular weight excluding hydrogens is 88.1 g/mol. The Kier molecular flexibility index (Phi) is 1.65. The van der Waals surface area contributed by atoms with Crippen molar-refractivity contribution in [2.24, 2.45) is 0 Å². The van der Waals surface area contributed by atoms with Crippen molar-refractivity contribution in [2.75, 3.05) is 20.1 Å². The minimum absolute atomic E-state index is 0.611. The number of rotatable bonds is 1. The van der Waals surface area contributed by atoms with Gasteiger partial charge in [-0.15, -0.1) is 0 Å². The van der Waals surface area contributed by atoms with Gasteiger partial charge < -0.3 is 5.32 Å². The fraction of sp³-hybridized carbons (Fsp3) is 1.00. The Morgan fingerprint density at radius 3 is 2.86 bits per heavy atom. The lowest BCUT2D eigenvalue weighted by Gasteiger charge is -1.99. The summed E-state index contributed by atoms with van der Waals surface area (Å²) < 4.78 is 0. The van der Waals surface area contributed by atoms with E-state index in [0.717, 1.165) is 13.1 Å². The van der Waals surface area contributed by atoms with E-state index in [0.29, 0.717) is 6.04 Å². The van der Waals surface area contributed by atoms with Gasteiger partial charge in [-0.25, -0.2) is 5.32 Å². The Labute approximate surface area is 44.3 Å². The molecule has 0 aromatic heterocycles. The zero-order chi connectivity index (χ0) is 5.11. The Morgan fingerprint density at radius 2 is 2.57 bits per heavy atom. The minimum atomic E-state index is 0.611. The van der Waals surface area contributed by atoms with E-state index in [9.17, 15) is 0 Å². The van der Waals surface area contributed by atoms with Crippen molar-refractivity contribution in [3.63, 3.8) is 0 Å². The molecule has 1 rings (SSSR count). The van der Waals surface area contributed by atoms with Gasteiger partial charge in [-0.3, -0.25) is 0 Å². The zero-order valence-electron chi connectivity index (χ0n) is 4.65. The molecule has 2 heteroatoms. The van der Waals surface area contributed by atoms with Crippen molar-refractivity contribution in [1.29, 1.82) is 0 Å². The summed E-state index contributed by atoms with van der Waals surface area (Å²) in [6.07, 6.45) is 1.23. The molecule has 1 saturated heterocycles. The fourth-order valence-corrected chi connectivity index (χ4v) is 0.860. The molecule has 0 spiro atoms. The lowest BCUT2D eigenvalue weighted by atomic mass is 10.3. The Bertz CT molecular complexity index is 48.0. The highest BCUT2D eigenvalue weighted by atomic mass is 15.0. The third-order valence-corrected chi connectivity index (χ3v) is 1.40. The van der Waals surface area contributed by atoms with E-state index < -0.39 is 0 Å². The van der Waals surface area contributed by atoms with Crippen LogP contribution in [0.3, 0.4) is 0 Å². The minimum Gasteiger partial charge on any atom is -0.315 e. The van der Waals surface area contributed by atoms with Crippen LogP contribution in [-0.4, -0.2) is 26.2 Å². The van der Waals surface area contributed by atoms with Gasteiger partial charge in [0.05, 0.1) is 0 Å². The molecule has 0 aromatic rings. The zero-order valence-corrected chi connectivity index (χ0v) is 4.65. The summed E-state index contributed by atoms with van der Waals surface area (Å²) in [6, 6.07) is 0.611. The smallest absolute Gasteiger partial charge is 0.0379 e. The maximum absolute atomic E-state index is 4.12. The molecule has 1 fully saturated rings. The molecule has 7 heavy (non-hydrogen) atoms. The van der Waals surface area contributed by atoms with Gasteiger partial charge in [0.25, 0.3) is 0 Å². The second-order valence-electron chi connectivity index (χ2n) is 1.90. The summed E-state index contributed by atoms with van der Waals surface area (Å²) in [4.78, 5) is 0. The van der Waals surface area contributed by atoms with Crippen LogP contribution in [0.2, 0.25) is 0 Å². The first-order valence-corrected chi connectivity index (χ1v) is 2.73. The van der Waals surface area contributed by atoms with Crippen molar-refractivity contribution in [3.05, 3.63) is 0 Å². The van der Waals surface area contributed by atoms with Crippen molar-refractivity contribution in [1.82, 2.24) is 10.6 Å². The summed E-state index contributed by atoms with van der Waals surface area (Å²) >= 11 is 0. The summed E-state index contributed by atoms with van der Waals surface area (Å²) in [5, 5.41) is 7.35. The highest BCUT2D eigenvalue weighted by Gasteiger charge is 2.11. The number of hydrogen-bond donors (Lipinski definition) is 1. The van der Waals surface area contributed by atoms with E-state index in [-0.39, 0.29) is 0 Å². The SMILES string of the molecule is C[N][C@H]1CCNC1. The summed E-state index contributed by atoms with van der Waals surface area (Å²) in [5.41, 5.74) is 0. The van der Waals surface area contributed by atoms with Crippen molar-refractivity contribution in [3.8, 4) is 0 Å². The fourth-order valence-electron chi connectivity index (χ4n) is 0.860. The molecule has 1 aliphatic rings. The van der Waals surface area contributed by atoms with Gasteiger partial charge in [-0.1, -0.05) is 0 Å². The molecule has 0 amide bonds. The molecule has 1 atom stereocenters. The van der Waals surface area contributed by atoms with Crippen LogP contribution in [0.1, 0.15) is 6.42 Å². The highest BCUT2D eigenvalue weighted by molar-refractivity contribution is 4.74. The highest BCUT2D eigenvalue weighted by Crippen LogP contribution is 1.95. The average Bonchev–Trinajstić information content (AvgIpc) is 2.14. The van der Waals surface area contributed by atoms with E-state index in [1.54, 1.807) is 0 Å². The van der Waals surface area contributed by atoms with Gasteiger partial charge >= 0.3 is 0 Å². The number of likely N-dealkylation sites (N-methyl/N-ethyl adjacent to an activating group) is 1. The normalized spacial score (nSPS) is 31.3. The van der Waals surface area contributed by atoms with Gasteiger partial charge in [0.15, 0.2) is 0 Å². The van der Waals surface area contributed by atoms with Gasteiger partial charge in [0.1, 0.15) is 0 Å². The van der Waals surface area contributed by atoms with Crippen molar-refractivity contribution >= 4 is 0 Å². The molecule has 1 heterocycles. The number of hydrogen-bond acceptors (Lipinski definition) is 1. The average molecular weight is 99.2 g/mol. The van der Waals surface area contributed by atoms with Gasteiger partial charge in [-0.2, -0.15) is 0 Å². The van der Waals surface area contributed by atoms with Crippen LogP contribution in [0.5, 0.6) is 0 Å². The van der Waals surface area contributed by atoms with Gasteiger partial charge in [0, 0.05) is 19.6 Å². The molecule has 41 valence electrons. The molecule has 0 aliphatic carbocycles. The van der Waals surface area contributed by atoms with Gasteiger partial charge in [-0.05, 0) is 13.0 Å². The van der Waals surface area contributed by atoms with Crippen LogP contribution in [0, 0.1) is 0 Å². The van der Waals surface area contributed by atoms with Crippen molar-refractivity contribution < 1.29 is 0 Å². The molecule has 0 saturated carbocycles. The molecular formula is C5H11N2. The van der Waals surface area contributed by atoms with Crippen LogP contribution in [0.15, 0.2) is 0 Å². The van der Waals surface area contributed by atoms with Crippen molar-refractivity contribution in [2.45, 2.75) is 12.5 Å².